The zero-order valence-electron chi connectivity index (χ0n) is 20.8. The number of carbonyl (C=O) groups excluding carboxylic acids is 2. The minimum atomic E-state index is -1.27. The summed E-state index contributed by atoms with van der Waals surface area (Å²) in [6.45, 7) is 2.49. The summed E-state index contributed by atoms with van der Waals surface area (Å²) in [5.41, 5.74) is 4.66. The van der Waals surface area contributed by atoms with E-state index in [0.717, 1.165) is 47.9 Å². The molecule has 0 spiro atoms. The molecule has 37 heavy (non-hydrogen) atoms. The Labute approximate surface area is 215 Å². The molecule has 3 aromatic rings. The van der Waals surface area contributed by atoms with Crippen molar-refractivity contribution in [3.05, 3.63) is 77.9 Å². The number of hydrogen-bond donors (Lipinski definition) is 2. The average Bonchev–Trinajstić information content (AvgIpc) is 3.49. The fourth-order valence-electron chi connectivity index (χ4n) is 4.52. The SMILES string of the molecule is CCCCCCOC(=O)n1cnc(CC(NC(=O)OCC2c3ccccc3-c3ccccc32)C(=O)O)c1. The molecule has 0 saturated carbocycles. The van der Waals surface area contributed by atoms with E-state index < -0.39 is 24.2 Å². The first-order chi connectivity index (χ1) is 18.0. The third-order valence-corrected chi connectivity index (χ3v) is 6.42. The number of amides is 1. The molecular weight excluding hydrogens is 474 g/mol. The summed E-state index contributed by atoms with van der Waals surface area (Å²) >= 11 is 0. The Hall–Kier alpha value is -4.14. The molecule has 0 fully saturated rings. The second-order valence-corrected chi connectivity index (χ2v) is 9.01. The van der Waals surface area contributed by atoms with Crippen LogP contribution in [0.5, 0.6) is 0 Å². The van der Waals surface area contributed by atoms with Gasteiger partial charge in [-0.25, -0.2) is 23.9 Å². The Balaban J connectivity index is 1.31. The van der Waals surface area contributed by atoms with Crippen LogP contribution in [0.15, 0.2) is 61.1 Å². The molecule has 1 atom stereocenters. The lowest BCUT2D eigenvalue weighted by Crippen LogP contribution is -2.43. The van der Waals surface area contributed by atoms with Crippen molar-refractivity contribution >= 4 is 18.2 Å². The Morgan fingerprint density at radius 2 is 1.68 bits per heavy atom. The number of nitrogens with one attached hydrogen (secondary N) is 1. The summed E-state index contributed by atoms with van der Waals surface area (Å²) < 4.78 is 11.8. The van der Waals surface area contributed by atoms with Crippen LogP contribution in [0.2, 0.25) is 0 Å². The van der Waals surface area contributed by atoms with Crippen LogP contribution in [0.25, 0.3) is 11.1 Å². The van der Waals surface area contributed by atoms with Crippen molar-refractivity contribution < 1.29 is 29.0 Å². The molecule has 9 heteroatoms. The average molecular weight is 506 g/mol. The zero-order valence-corrected chi connectivity index (χ0v) is 20.8. The van der Waals surface area contributed by atoms with Gasteiger partial charge in [0, 0.05) is 18.5 Å². The van der Waals surface area contributed by atoms with E-state index in [2.05, 4.69) is 17.2 Å². The minimum Gasteiger partial charge on any atom is -0.480 e. The van der Waals surface area contributed by atoms with Gasteiger partial charge in [-0.3, -0.25) is 0 Å². The number of unbranched alkanes of at least 4 members (excludes halogenated alkanes) is 3. The van der Waals surface area contributed by atoms with Crippen molar-refractivity contribution in [3.8, 4) is 11.1 Å². The van der Waals surface area contributed by atoms with Gasteiger partial charge in [-0.15, -0.1) is 0 Å². The molecule has 0 bridgehead atoms. The molecule has 194 valence electrons. The fraction of sp³-hybridized carbons (Fsp3) is 0.357. The van der Waals surface area contributed by atoms with Gasteiger partial charge in [0.2, 0.25) is 0 Å². The van der Waals surface area contributed by atoms with E-state index in [1.54, 1.807) is 0 Å². The van der Waals surface area contributed by atoms with Crippen LogP contribution < -0.4 is 5.32 Å². The number of hydrogen-bond acceptors (Lipinski definition) is 6. The number of fused-ring (bicyclic) bond motifs is 3. The standard InChI is InChI=1S/C28H31N3O6/c1-2-3-4-9-14-36-28(35)31-16-19(29-18-31)15-25(26(32)33)30-27(34)37-17-24-22-12-7-5-10-20(22)21-11-6-8-13-23(21)24/h5-8,10-13,16,18,24-25H,2-4,9,14-15,17H2,1H3,(H,30,34)(H,32,33). The highest BCUT2D eigenvalue weighted by atomic mass is 16.6. The van der Waals surface area contributed by atoms with Crippen LogP contribution in [0.1, 0.15) is 55.3 Å². The zero-order chi connectivity index (χ0) is 26.2. The van der Waals surface area contributed by atoms with E-state index >= 15 is 0 Å². The van der Waals surface area contributed by atoms with Gasteiger partial charge in [-0.2, -0.15) is 0 Å². The molecule has 4 rings (SSSR count). The summed E-state index contributed by atoms with van der Waals surface area (Å²) in [5, 5.41) is 12.0. The first-order valence-electron chi connectivity index (χ1n) is 12.5. The molecule has 2 N–H and O–H groups in total. The number of carboxylic acid groups (broad SMARTS) is 1. The van der Waals surface area contributed by atoms with Gasteiger partial charge in [0.25, 0.3) is 0 Å². The number of imidazole rings is 1. The third kappa shape index (κ3) is 6.35. The predicted molar refractivity (Wildman–Crippen MR) is 136 cm³/mol. The number of carbonyl (C=O) groups is 3. The number of rotatable bonds is 11. The molecule has 2 aromatic carbocycles. The van der Waals surface area contributed by atoms with Crippen LogP contribution in [0, 0.1) is 0 Å². The van der Waals surface area contributed by atoms with E-state index in [9.17, 15) is 19.5 Å². The highest BCUT2D eigenvalue weighted by Crippen LogP contribution is 2.44. The van der Waals surface area contributed by atoms with Gasteiger partial charge < -0.3 is 19.9 Å². The normalized spacial score (nSPS) is 12.9. The molecule has 1 aliphatic rings. The number of aliphatic carboxylic acids is 1. The molecule has 0 saturated heterocycles. The van der Waals surface area contributed by atoms with E-state index in [1.165, 1.54) is 17.1 Å². The van der Waals surface area contributed by atoms with Crippen LogP contribution in [0.4, 0.5) is 9.59 Å². The molecule has 1 unspecified atom stereocenters. The van der Waals surface area contributed by atoms with Crippen molar-refractivity contribution in [1.82, 2.24) is 14.9 Å². The van der Waals surface area contributed by atoms with Gasteiger partial charge in [0.05, 0.1) is 12.3 Å². The monoisotopic (exact) mass is 505 g/mol. The molecule has 1 aliphatic carbocycles. The quantitative estimate of drug-likeness (QED) is 0.353. The predicted octanol–water partition coefficient (Wildman–Crippen LogP) is 4.98. The highest BCUT2D eigenvalue weighted by Gasteiger charge is 2.30. The van der Waals surface area contributed by atoms with E-state index in [-0.39, 0.29) is 18.9 Å². The van der Waals surface area contributed by atoms with Gasteiger partial charge in [-0.05, 0) is 28.7 Å². The molecule has 0 aliphatic heterocycles. The molecule has 1 amide bonds. The third-order valence-electron chi connectivity index (χ3n) is 6.42. The first kappa shape index (κ1) is 25.9. The van der Waals surface area contributed by atoms with Crippen LogP contribution >= 0.6 is 0 Å². The van der Waals surface area contributed by atoms with Crippen molar-refractivity contribution in [2.75, 3.05) is 13.2 Å². The van der Waals surface area contributed by atoms with E-state index in [4.69, 9.17) is 9.47 Å². The number of alkyl carbamates (subject to hydrolysis) is 1. The summed E-state index contributed by atoms with van der Waals surface area (Å²) in [6, 6.07) is 14.6. The first-order valence-corrected chi connectivity index (χ1v) is 12.5. The topological polar surface area (TPSA) is 120 Å². The lowest BCUT2D eigenvalue weighted by molar-refractivity contribution is -0.139. The van der Waals surface area contributed by atoms with Gasteiger partial charge in [0.1, 0.15) is 19.0 Å². The van der Waals surface area contributed by atoms with Gasteiger partial charge >= 0.3 is 18.2 Å². The smallest absolute Gasteiger partial charge is 0.419 e. The van der Waals surface area contributed by atoms with Gasteiger partial charge in [0.15, 0.2) is 0 Å². The van der Waals surface area contributed by atoms with Crippen molar-refractivity contribution in [3.63, 3.8) is 0 Å². The fourth-order valence-corrected chi connectivity index (χ4v) is 4.52. The Morgan fingerprint density at radius 1 is 1.00 bits per heavy atom. The minimum absolute atomic E-state index is 0.0743. The number of carboxylic acids is 1. The Kier molecular flexibility index (Phi) is 8.56. The van der Waals surface area contributed by atoms with Crippen molar-refractivity contribution in [1.29, 1.82) is 0 Å². The van der Waals surface area contributed by atoms with Crippen LogP contribution in [0.3, 0.4) is 0 Å². The lowest BCUT2D eigenvalue weighted by Gasteiger charge is -2.17. The number of benzene rings is 2. The Morgan fingerprint density at radius 3 is 2.32 bits per heavy atom. The number of nitrogens with zero attached hydrogens (tertiary/aromatic N) is 2. The lowest BCUT2D eigenvalue weighted by atomic mass is 9.98. The Bertz CT molecular complexity index is 1210. The molecule has 0 radical (unpaired) electrons. The summed E-state index contributed by atoms with van der Waals surface area (Å²) in [5.74, 6) is -1.37. The highest BCUT2D eigenvalue weighted by molar-refractivity contribution is 5.81. The molecule has 9 nitrogen and oxygen atoms in total. The molecule has 1 heterocycles. The number of ether oxygens (including phenoxy) is 2. The van der Waals surface area contributed by atoms with Crippen molar-refractivity contribution in [2.45, 2.75) is 51.0 Å². The largest absolute Gasteiger partial charge is 0.480 e. The maximum atomic E-state index is 12.5. The van der Waals surface area contributed by atoms with Gasteiger partial charge in [-0.1, -0.05) is 74.7 Å². The maximum absolute atomic E-state index is 12.5. The van der Waals surface area contributed by atoms with Crippen LogP contribution in [-0.2, 0) is 20.7 Å². The van der Waals surface area contributed by atoms with Crippen molar-refractivity contribution in [2.24, 2.45) is 0 Å². The summed E-state index contributed by atoms with van der Waals surface area (Å²) in [7, 11) is 0. The second-order valence-electron chi connectivity index (χ2n) is 9.01. The number of aromatic nitrogens is 2. The van der Waals surface area contributed by atoms with E-state index in [1.807, 2.05) is 48.5 Å². The molecule has 1 aromatic heterocycles. The van der Waals surface area contributed by atoms with Crippen LogP contribution in [-0.4, -0.2) is 52.1 Å². The summed E-state index contributed by atoms with van der Waals surface area (Å²) in [6.07, 6.45) is 5.10. The van der Waals surface area contributed by atoms with E-state index in [0.29, 0.717) is 12.3 Å². The molecular formula is C28H31N3O6. The second kappa shape index (κ2) is 12.2. The summed E-state index contributed by atoms with van der Waals surface area (Å²) in [4.78, 5) is 40.6. The maximum Gasteiger partial charge on any atom is 0.419 e.